The van der Waals surface area contributed by atoms with E-state index in [1.165, 1.54) is 57.0 Å². The van der Waals surface area contributed by atoms with E-state index in [-0.39, 0.29) is 63.9 Å². The number of benzene rings is 7. The van der Waals surface area contributed by atoms with Gasteiger partial charge in [-0.2, -0.15) is 53.0 Å². The molecule has 7 aromatic carbocycles. The van der Waals surface area contributed by atoms with Crippen LogP contribution in [0, 0.1) is 80.3 Å². The van der Waals surface area contributed by atoms with Crippen LogP contribution < -0.4 is 49.2 Å². The zero-order valence-corrected chi connectivity index (χ0v) is 61.5. The third-order valence-corrected chi connectivity index (χ3v) is 18.0. The van der Waals surface area contributed by atoms with Crippen molar-refractivity contribution in [1.82, 2.24) is 34.9 Å². The summed E-state index contributed by atoms with van der Waals surface area (Å²) in [5.41, 5.74) is 15.0. The fourth-order valence-corrected chi connectivity index (χ4v) is 13.7. The predicted octanol–water partition coefficient (Wildman–Crippen LogP) is 19.9. The van der Waals surface area contributed by atoms with Crippen LogP contribution in [0.1, 0.15) is 61.0 Å². The van der Waals surface area contributed by atoms with E-state index >= 15 is 0 Å². The number of nitrogens with zero attached hydrogens (tertiary/aromatic N) is 15. The van der Waals surface area contributed by atoms with Gasteiger partial charge in [0.15, 0.2) is 0 Å². The minimum atomic E-state index is -4.56. The largest absolute Gasteiger partial charge is 4.00 e. The Labute approximate surface area is 656 Å². The number of anilines is 12. The molecular formula is C83H67F6N15Pt2. The van der Waals surface area contributed by atoms with Gasteiger partial charge in [0.05, 0.1) is 11.1 Å². The zero-order valence-electron chi connectivity index (χ0n) is 69.0. The fraction of sp³-hybridized carbons (Fsp3) is 0.145. The first kappa shape index (κ1) is 59.5. The molecule has 0 saturated carbocycles. The van der Waals surface area contributed by atoms with Gasteiger partial charge in [0.25, 0.3) is 0 Å². The number of aromatic nitrogens is 7. The van der Waals surface area contributed by atoms with E-state index in [2.05, 4.69) is 119 Å². The Morgan fingerprint density at radius 3 is 1.05 bits per heavy atom. The normalized spacial score (nSPS) is 15.7. The van der Waals surface area contributed by atoms with E-state index in [9.17, 15) is 26.3 Å². The molecule has 0 atom stereocenters. The van der Waals surface area contributed by atoms with Crippen LogP contribution >= 0.6 is 0 Å². The van der Waals surface area contributed by atoms with Crippen molar-refractivity contribution in [3.63, 3.8) is 0 Å². The maximum Gasteiger partial charge on any atom is 4.00 e. The average Bonchev–Trinajstić information content (AvgIpc) is 1.57. The van der Waals surface area contributed by atoms with Crippen LogP contribution in [0.2, 0.25) is 0 Å². The van der Waals surface area contributed by atoms with Gasteiger partial charge in [-0.25, -0.2) is 19.9 Å². The number of aryl methyl sites for hydroxylation is 6. The number of para-hydroxylation sites is 1. The Morgan fingerprint density at radius 2 is 0.698 bits per heavy atom. The summed E-state index contributed by atoms with van der Waals surface area (Å²) in [6.45, 7) is 8.63. The maximum absolute atomic E-state index is 12.7. The van der Waals surface area contributed by atoms with Crippen LogP contribution in [0.25, 0.3) is 65.9 Å². The van der Waals surface area contributed by atoms with Gasteiger partial charge in [0.1, 0.15) is 23.3 Å². The first-order valence-electron chi connectivity index (χ1n) is 38.5. The summed E-state index contributed by atoms with van der Waals surface area (Å²) in [6.07, 6.45) is 0.952. The third kappa shape index (κ3) is 14.1. The van der Waals surface area contributed by atoms with Crippen LogP contribution in [0.15, 0.2) is 201 Å². The fourth-order valence-electron chi connectivity index (χ4n) is 13.7. The Morgan fingerprint density at radius 1 is 0.368 bits per heavy atom. The van der Waals surface area contributed by atoms with Gasteiger partial charge >= 0.3 is 54.5 Å². The molecule has 106 heavy (non-hydrogen) atoms. The monoisotopic (exact) mass is 1790 g/mol. The number of rotatable bonds is 6. The van der Waals surface area contributed by atoms with Gasteiger partial charge < -0.3 is 49.2 Å². The Balaban J connectivity index is 0.000000146. The quantitative estimate of drug-likeness (QED) is 0.116. The van der Waals surface area contributed by atoms with E-state index in [1.54, 1.807) is 105 Å². The van der Waals surface area contributed by atoms with E-state index in [4.69, 9.17) is 16.4 Å². The van der Waals surface area contributed by atoms with Gasteiger partial charge in [-0.3, -0.25) is 4.98 Å². The molecule has 4 aliphatic heterocycles. The molecule has 15 nitrogen and oxygen atoms in total. The summed E-state index contributed by atoms with van der Waals surface area (Å²) >= 11 is 0. The summed E-state index contributed by atoms with van der Waals surface area (Å²) < 4.78 is 173. The standard InChI is InChI=1S/2C29H27N6.C14H6F6N.C11H7N2.2Pt/c2*1-19-12-20(2)27(21(3)13-19)22-14-23(34-17-32(4)25-8-6-10-30-28(25)34)16-24(15-22)35-18-33(5)26-9-7-11-31-29(26)35;15-13(16,17)7-1-3-11-9(5-7)10-6-8(14(18,19)20)2-4-12(10)21-11;1-2-4-10-8(3-1)9-5-6-12-7-11(9)13-10;;/h2*6-15,17-18H,1-5H3;1-6H;1-7H;;/q2*-3;2*-1;2*+4/i2*4D3,5D3;;;;. The van der Waals surface area contributed by atoms with E-state index in [1.807, 2.05) is 48.5 Å². The first-order chi connectivity index (χ1) is 54.8. The SMILES string of the molecule is FC(F)(F)c1ccc2[n-]c3ccc(C(F)(F)F)cc3c2c1.[2H]C([2H])([2H])N1[CH-]N(c2[c-]c(N3[CH-]N(C([2H])([2H])[2H])c4cccnc43)cc(-c3c(C)cc(C)cc3C)c2)c2ncccc21.[2H]C([2H])([2H])N1[CH-]N(c2[c-]c(N3[CH-]N(C([2H])([2H])[2H])c4cccnc43)cc(-c3c(C)cc(C)cc3C)c2)c2ncccc21.[Pt+4].[Pt+4].c1ccc2c(c1)[n-]c1cnccc12. The van der Waals surface area contributed by atoms with E-state index in [0.29, 0.717) is 68.8 Å². The second-order valence-electron chi connectivity index (χ2n) is 25.2. The molecule has 0 saturated heterocycles. The van der Waals surface area contributed by atoms with Gasteiger partial charge in [-0.1, -0.05) is 83.9 Å². The van der Waals surface area contributed by atoms with Crippen molar-refractivity contribution in [1.29, 1.82) is 0 Å². The van der Waals surface area contributed by atoms with Gasteiger partial charge in [0, 0.05) is 76.4 Å². The summed E-state index contributed by atoms with van der Waals surface area (Å²) in [5.74, 6) is 1.81. The number of hydrogen-bond donors (Lipinski definition) is 0. The number of pyridine rings is 5. The molecular weight excluding hydrogens is 1710 g/mol. The van der Waals surface area contributed by atoms with Crippen molar-refractivity contribution < 1.29 is 84.9 Å². The Kier molecular flexibility index (Phi) is 16.4. The summed E-state index contributed by atoms with van der Waals surface area (Å²) in [7, 11) is 0. The van der Waals surface area contributed by atoms with Crippen molar-refractivity contribution in [2.24, 2.45) is 0 Å². The molecule has 0 fully saturated rings. The van der Waals surface area contributed by atoms with Crippen molar-refractivity contribution in [3.8, 4) is 22.3 Å². The summed E-state index contributed by atoms with van der Waals surface area (Å²) in [6, 6.07) is 52.5. The van der Waals surface area contributed by atoms with Crippen molar-refractivity contribution >= 4 is 112 Å². The zero-order chi connectivity index (χ0) is 82.6. The van der Waals surface area contributed by atoms with Crippen molar-refractivity contribution in [3.05, 3.63) is 284 Å². The minimum absolute atomic E-state index is 0. The molecule has 7 aromatic heterocycles. The molecule has 0 aliphatic carbocycles. The minimum Gasteiger partial charge on any atom is -0.657 e. The Hall–Kier alpha value is -10.8. The molecule has 0 unspecified atom stereocenters. The first-order valence-corrected chi connectivity index (χ1v) is 32.5. The third-order valence-electron chi connectivity index (χ3n) is 18.0. The molecule has 0 bridgehead atoms. The number of halogens is 6. The second kappa shape index (κ2) is 29.3. The molecule has 4 aliphatic rings. The molecule has 18 rings (SSSR count). The summed E-state index contributed by atoms with van der Waals surface area (Å²) in [4.78, 5) is 42.2. The average molecular weight is 1790 g/mol. The molecule has 0 radical (unpaired) electrons. The topological polar surface area (TPSA) is 119 Å². The molecule has 23 heteroatoms. The van der Waals surface area contributed by atoms with Crippen molar-refractivity contribution in [2.45, 2.75) is 53.9 Å². The molecule has 0 amide bonds. The molecule has 536 valence electrons. The van der Waals surface area contributed by atoms with Crippen molar-refractivity contribution in [2.75, 3.05) is 67.1 Å². The van der Waals surface area contributed by atoms with Crippen LogP contribution in [0.5, 0.6) is 0 Å². The van der Waals surface area contributed by atoms with Crippen LogP contribution in [0.3, 0.4) is 0 Å². The van der Waals surface area contributed by atoms with Crippen LogP contribution in [0.4, 0.5) is 95.1 Å². The molecule has 14 aromatic rings. The predicted molar refractivity (Wildman–Crippen MR) is 404 cm³/mol. The molecule has 11 heterocycles. The van der Waals surface area contributed by atoms with Crippen LogP contribution in [-0.4, -0.2) is 52.8 Å². The molecule has 0 N–H and O–H groups in total. The van der Waals surface area contributed by atoms with E-state index < -0.39 is 51.4 Å². The second-order valence-corrected chi connectivity index (χ2v) is 25.2. The van der Waals surface area contributed by atoms with Crippen LogP contribution in [-0.2, 0) is 54.5 Å². The van der Waals surface area contributed by atoms with E-state index in [0.717, 1.165) is 103 Å². The summed E-state index contributed by atoms with van der Waals surface area (Å²) in [5, 5.41) is 2.52. The smallest absolute Gasteiger partial charge is 0.657 e. The number of hydrogen-bond acceptors (Lipinski definition) is 13. The molecule has 0 spiro atoms. The Bertz CT molecular complexity index is 5550. The van der Waals surface area contributed by atoms with Gasteiger partial charge in [-0.05, 0) is 191 Å². The maximum atomic E-state index is 12.7. The number of fused-ring (bicyclic) bond motifs is 10. The number of alkyl halides is 6. The van der Waals surface area contributed by atoms with Gasteiger partial charge in [0.2, 0.25) is 0 Å². The van der Waals surface area contributed by atoms with Gasteiger partial charge in [-0.15, -0.1) is 92.3 Å².